The number of thioether (sulfide) groups is 1. The number of aliphatic imine (C=N–C) groups is 1. The zero-order valence-electron chi connectivity index (χ0n) is 9.53. The van der Waals surface area contributed by atoms with Gasteiger partial charge < -0.3 is 10.1 Å². The third-order valence-corrected chi connectivity index (χ3v) is 3.85. The van der Waals surface area contributed by atoms with E-state index in [1.165, 1.54) is 6.42 Å². The predicted molar refractivity (Wildman–Crippen MR) is 65.5 cm³/mol. The van der Waals surface area contributed by atoms with Crippen LogP contribution in [0.25, 0.3) is 0 Å². The molecule has 0 spiro atoms. The quantitative estimate of drug-likeness (QED) is 0.801. The molecule has 0 saturated carbocycles. The first kappa shape index (κ1) is 11.3. The molecule has 1 fully saturated rings. The lowest BCUT2D eigenvalue weighted by Crippen LogP contribution is -2.32. The number of ether oxygens (including phenoxy) is 1. The van der Waals surface area contributed by atoms with Crippen molar-refractivity contribution in [3.8, 4) is 0 Å². The molecule has 2 aliphatic rings. The Balaban J connectivity index is 1.71. The van der Waals surface area contributed by atoms with Gasteiger partial charge in [0.25, 0.3) is 0 Å². The molecule has 3 nitrogen and oxygen atoms in total. The Hall–Kier alpha value is -0.220. The lowest BCUT2D eigenvalue weighted by molar-refractivity contribution is 0.192. The lowest BCUT2D eigenvalue weighted by Gasteiger charge is -2.13. The van der Waals surface area contributed by atoms with E-state index >= 15 is 0 Å². The Morgan fingerprint density at radius 2 is 2.47 bits per heavy atom. The van der Waals surface area contributed by atoms with Gasteiger partial charge in [-0.2, -0.15) is 0 Å². The van der Waals surface area contributed by atoms with Crippen LogP contribution >= 0.6 is 11.8 Å². The van der Waals surface area contributed by atoms with Gasteiger partial charge in [-0.05, 0) is 18.8 Å². The van der Waals surface area contributed by atoms with Crippen molar-refractivity contribution in [3.63, 3.8) is 0 Å². The molecule has 86 valence electrons. The van der Waals surface area contributed by atoms with Crippen molar-refractivity contribution in [2.24, 2.45) is 10.9 Å². The Bertz CT molecular complexity index is 237. The molecule has 2 heterocycles. The molecule has 2 unspecified atom stereocenters. The molecule has 15 heavy (non-hydrogen) atoms. The Labute approximate surface area is 96.1 Å². The summed E-state index contributed by atoms with van der Waals surface area (Å²) in [6.07, 6.45) is 2.38. The fourth-order valence-electron chi connectivity index (χ4n) is 1.97. The smallest absolute Gasteiger partial charge is 0.157 e. The second-order valence-electron chi connectivity index (χ2n) is 4.72. The van der Waals surface area contributed by atoms with E-state index in [1.54, 1.807) is 0 Å². The summed E-state index contributed by atoms with van der Waals surface area (Å²) < 4.78 is 5.33. The van der Waals surface area contributed by atoms with Crippen LogP contribution in [0, 0.1) is 5.92 Å². The molecule has 2 aliphatic heterocycles. The van der Waals surface area contributed by atoms with Crippen LogP contribution in [0.4, 0.5) is 0 Å². The molecule has 0 radical (unpaired) electrons. The maximum atomic E-state index is 5.33. The van der Waals surface area contributed by atoms with Crippen LogP contribution in [0.1, 0.15) is 26.7 Å². The highest BCUT2D eigenvalue weighted by atomic mass is 32.2. The maximum absolute atomic E-state index is 5.33. The van der Waals surface area contributed by atoms with Crippen molar-refractivity contribution >= 4 is 16.9 Å². The number of rotatable bonds is 3. The van der Waals surface area contributed by atoms with Crippen LogP contribution in [0.3, 0.4) is 0 Å². The minimum atomic E-state index is 0.494. The second-order valence-corrected chi connectivity index (χ2v) is 6.01. The SMILES string of the molecule is CC(C)CC1CN=C(NC2CCOC2)S1. The molecule has 1 N–H and O–H groups in total. The van der Waals surface area contributed by atoms with Crippen LogP contribution in [0.15, 0.2) is 4.99 Å². The minimum absolute atomic E-state index is 0.494. The number of hydrogen-bond acceptors (Lipinski definition) is 4. The fourth-order valence-corrected chi connectivity index (χ4v) is 3.30. The third-order valence-electron chi connectivity index (χ3n) is 2.71. The highest BCUT2D eigenvalue weighted by molar-refractivity contribution is 8.14. The average Bonchev–Trinajstić information content (AvgIpc) is 2.77. The molecule has 2 rings (SSSR count). The molecule has 0 amide bonds. The summed E-state index contributed by atoms with van der Waals surface area (Å²) in [7, 11) is 0. The summed E-state index contributed by atoms with van der Waals surface area (Å²) in [4.78, 5) is 4.55. The Kier molecular flexibility index (Phi) is 3.92. The number of amidine groups is 1. The molecule has 0 aromatic carbocycles. The summed E-state index contributed by atoms with van der Waals surface area (Å²) in [5.41, 5.74) is 0. The molecule has 0 bridgehead atoms. The zero-order valence-corrected chi connectivity index (χ0v) is 10.3. The van der Waals surface area contributed by atoms with E-state index in [2.05, 4.69) is 24.2 Å². The first-order valence-corrected chi connectivity index (χ1v) is 6.67. The first-order chi connectivity index (χ1) is 7.24. The van der Waals surface area contributed by atoms with E-state index < -0.39 is 0 Å². The summed E-state index contributed by atoms with van der Waals surface area (Å²) in [5, 5.41) is 5.29. The van der Waals surface area contributed by atoms with Crippen LogP contribution in [-0.2, 0) is 4.74 Å². The zero-order chi connectivity index (χ0) is 10.7. The van der Waals surface area contributed by atoms with Crippen molar-refractivity contribution in [1.29, 1.82) is 0 Å². The summed E-state index contributed by atoms with van der Waals surface area (Å²) >= 11 is 1.91. The molecule has 1 saturated heterocycles. The van der Waals surface area contributed by atoms with Gasteiger partial charge in [-0.25, -0.2) is 0 Å². The normalized spacial score (nSPS) is 31.0. The van der Waals surface area contributed by atoms with Gasteiger partial charge in [-0.3, -0.25) is 4.99 Å². The van der Waals surface area contributed by atoms with E-state index in [-0.39, 0.29) is 0 Å². The van der Waals surface area contributed by atoms with Crippen molar-refractivity contribution in [1.82, 2.24) is 5.32 Å². The van der Waals surface area contributed by atoms with E-state index in [0.717, 1.165) is 37.3 Å². The van der Waals surface area contributed by atoms with Crippen molar-refractivity contribution < 1.29 is 4.74 Å². The summed E-state index contributed by atoms with van der Waals surface area (Å²) in [6, 6.07) is 0.494. The van der Waals surface area contributed by atoms with Crippen LogP contribution in [-0.4, -0.2) is 36.2 Å². The van der Waals surface area contributed by atoms with Gasteiger partial charge in [0, 0.05) is 11.9 Å². The van der Waals surface area contributed by atoms with E-state index in [9.17, 15) is 0 Å². The predicted octanol–water partition coefficient (Wildman–Crippen LogP) is 1.88. The Morgan fingerprint density at radius 3 is 3.13 bits per heavy atom. The molecule has 0 aliphatic carbocycles. The molecular formula is C11H20N2OS. The van der Waals surface area contributed by atoms with Gasteiger partial charge in [0.1, 0.15) is 0 Å². The highest BCUT2D eigenvalue weighted by Gasteiger charge is 2.23. The van der Waals surface area contributed by atoms with E-state index in [0.29, 0.717) is 11.3 Å². The Morgan fingerprint density at radius 1 is 1.60 bits per heavy atom. The maximum Gasteiger partial charge on any atom is 0.157 e. The van der Waals surface area contributed by atoms with Crippen LogP contribution in [0.5, 0.6) is 0 Å². The number of hydrogen-bond donors (Lipinski definition) is 1. The first-order valence-electron chi connectivity index (χ1n) is 5.79. The van der Waals surface area contributed by atoms with Gasteiger partial charge in [-0.1, -0.05) is 25.6 Å². The molecule has 2 atom stereocenters. The highest BCUT2D eigenvalue weighted by Crippen LogP contribution is 2.26. The topological polar surface area (TPSA) is 33.6 Å². The number of nitrogens with zero attached hydrogens (tertiary/aromatic N) is 1. The van der Waals surface area contributed by atoms with Crippen LogP contribution < -0.4 is 5.32 Å². The fraction of sp³-hybridized carbons (Fsp3) is 0.909. The van der Waals surface area contributed by atoms with Crippen molar-refractivity contribution in [2.75, 3.05) is 19.8 Å². The van der Waals surface area contributed by atoms with Crippen molar-refractivity contribution in [2.45, 2.75) is 38.0 Å². The van der Waals surface area contributed by atoms with Gasteiger partial charge >= 0.3 is 0 Å². The van der Waals surface area contributed by atoms with Gasteiger partial charge in [-0.15, -0.1) is 0 Å². The minimum Gasteiger partial charge on any atom is -0.379 e. The van der Waals surface area contributed by atoms with Gasteiger partial charge in [0.2, 0.25) is 0 Å². The molecular weight excluding hydrogens is 208 g/mol. The average molecular weight is 228 g/mol. The molecule has 0 aromatic rings. The standard InChI is InChI=1S/C11H20N2OS/c1-8(2)5-10-6-12-11(15-10)13-9-3-4-14-7-9/h8-10H,3-7H2,1-2H3,(H,12,13). The lowest BCUT2D eigenvalue weighted by atomic mass is 10.1. The van der Waals surface area contributed by atoms with Crippen LogP contribution in [0.2, 0.25) is 0 Å². The molecule has 0 aromatic heterocycles. The van der Waals surface area contributed by atoms with E-state index in [1.807, 2.05) is 11.8 Å². The summed E-state index contributed by atoms with van der Waals surface area (Å²) in [6.45, 7) is 7.27. The van der Waals surface area contributed by atoms with E-state index in [4.69, 9.17) is 4.74 Å². The molecule has 4 heteroatoms. The van der Waals surface area contributed by atoms with Gasteiger partial charge in [0.05, 0.1) is 19.2 Å². The van der Waals surface area contributed by atoms with Crippen molar-refractivity contribution in [3.05, 3.63) is 0 Å². The second kappa shape index (κ2) is 5.21. The largest absolute Gasteiger partial charge is 0.379 e. The third kappa shape index (κ3) is 3.38. The number of nitrogens with one attached hydrogen (secondary N) is 1. The monoisotopic (exact) mass is 228 g/mol. The summed E-state index contributed by atoms with van der Waals surface area (Å²) in [5.74, 6) is 0.770. The van der Waals surface area contributed by atoms with Gasteiger partial charge in [0.15, 0.2) is 5.17 Å².